The first-order chi connectivity index (χ1) is 5.55. The molecule has 0 spiro atoms. The van der Waals surface area contributed by atoms with Crippen molar-refractivity contribution < 1.29 is 9.52 Å². The quantitative estimate of drug-likeness (QED) is 0.720. The molecule has 0 radical (unpaired) electrons. The molecule has 0 saturated carbocycles. The monoisotopic (exact) mass is 184 g/mol. The first kappa shape index (κ1) is 9.54. The Morgan fingerprint density at radius 1 is 1.42 bits per heavy atom. The Balaban J connectivity index is 2.91. The Bertz CT molecular complexity index is 247. The van der Waals surface area contributed by atoms with Crippen LogP contribution in [0.3, 0.4) is 0 Å². The third-order valence-electron chi connectivity index (χ3n) is 1.81. The predicted molar refractivity (Wildman–Crippen MR) is 52.5 cm³/mol. The van der Waals surface area contributed by atoms with Crippen LogP contribution in [0.15, 0.2) is 16.7 Å². The highest BCUT2D eigenvalue weighted by Crippen LogP contribution is 2.08. The highest BCUT2D eigenvalue weighted by molar-refractivity contribution is 6.88. The minimum Gasteiger partial charge on any atom is -0.474 e. The van der Waals surface area contributed by atoms with Crippen LogP contribution < -0.4 is 5.38 Å². The van der Waals surface area contributed by atoms with Crippen molar-refractivity contribution in [2.24, 2.45) is 0 Å². The average Bonchev–Trinajstić information content (AvgIpc) is 2.34. The van der Waals surface area contributed by atoms with Crippen LogP contribution in [0.5, 0.6) is 0 Å². The van der Waals surface area contributed by atoms with Crippen LogP contribution in [0.2, 0.25) is 19.6 Å². The number of hydrogen-bond donors (Lipinski definition) is 1. The van der Waals surface area contributed by atoms with Crippen molar-refractivity contribution >= 4 is 13.5 Å². The van der Waals surface area contributed by atoms with E-state index in [0.717, 1.165) is 11.8 Å². The van der Waals surface area contributed by atoms with Gasteiger partial charge in [0.25, 0.3) is 0 Å². The molecule has 1 aromatic rings. The largest absolute Gasteiger partial charge is 0.474 e. The molecule has 2 nitrogen and oxygen atoms in total. The summed E-state index contributed by atoms with van der Waals surface area (Å²) in [5, 5.41) is 9.92. The van der Waals surface area contributed by atoms with Crippen molar-refractivity contribution in [3.8, 4) is 0 Å². The molecule has 1 aromatic heterocycles. The highest BCUT2D eigenvalue weighted by Gasteiger charge is 2.23. The highest BCUT2D eigenvalue weighted by atomic mass is 28.3. The van der Waals surface area contributed by atoms with Gasteiger partial charge in [0.2, 0.25) is 0 Å². The number of rotatable bonds is 3. The van der Waals surface area contributed by atoms with Crippen LogP contribution in [0.1, 0.15) is 5.56 Å². The average molecular weight is 184 g/mol. The van der Waals surface area contributed by atoms with Crippen molar-refractivity contribution in [3.63, 3.8) is 0 Å². The van der Waals surface area contributed by atoms with E-state index in [4.69, 9.17) is 9.52 Å². The van der Waals surface area contributed by atoms with E-state index in [9.17, 15) is 0 Å². The second kappa shape index (κ2) is 3.45. The minimum absolute atomic E-state index is 0.205. The molecular formula is C9H16O2Si. The lowest BCUT2D eigenvalue weighted by molar-refractivity contribution is 0.299. The van der Waals surface area contributed by atoms with E-state index >= 15 is 0 Å². The predicted octanol–water partition coefficient (Wildman–Crippen LogP) is 1.36. The smallest absolute Gasteiger partial charge is 0.123 e. The Morgan fingerprint density at radius 3 is 2.58 bits per heavy atom. The molecule has 0 aliphatic rings. The van der Waals surface area contributed by atoms with Gasteiger partial charge in [-0.15, -0.1) is 0 Å². The fourth-order valence-electron chi connectivity index (χ4n) is 1.31. The molecule has 0 amide bonds. The SMILES string of the molecule is C[Si](C)(C)c1occc1CCO. The van der Waals surface area contributed by atoms with E-state index in [1.165, 1.54) is 5.56 Å². The third kappa shape index (κ3) is 1.99. The van der Waals surface area contributed by atoms with E-state index in [0.29, 0.717) is 0 Å². The van der Waals surface area contributed by atoms with E-state index < -0.39 is 8.07 Å². The standard InChI is InChI=1S/C9H16O2Si/c1-12(2,3)9-8(4-6-10)5-7-11-9/h5,7,10H,4,6H2,1-3H3. The molecule has 1 heterocycles. The van der Waals surface area contributed by atoms with Crippen LogP contribution in [-0.2, 0) is 6.42 Å². The van der Waals surface area contributed by atoms with Gasteiger partial charge >= 0.3 is 0 Å². The van der Waals surface area contributed by atoms with Crippen LogP contribution in [0.4, 0.5) is 0 Å². The number of hydrogen-bond acceptors (Lipinski definition) is 2. The summed E-state index contributed by atoms with van der Waals surface area (Å²) in [6.45, 7) is 6.93. The van der Waals surface area contributed by atoms with Crippen molar-refractivity contribution in [2.75, 3.05) is 6.61 Å². The third-order valence-corrected chi connectivity index (χ3v) is 3.61. The molecule has 0 aliphatic carbocycles. The summed E-state index contributed by atoms with van der Waals surface area (Å²) < 4.78 is 5.43. The van der Waals surface area contributed by atoms with Gasteiger partial charge in [-0.05, 0) is 18.1 Å². The van der Waals surface area contributed by atoms with Crippen molar-refractivity contribution in [1.29, 1.82) is 0 Å². The maximum atomic E-state index is 8.80. The molecule has 68 valence electrons. The first-order valence-electron chi connectivity index (χ1n) is 4.23. The number of furan rings is 1. The van der Waals surface area contributed by atoms with Gasteiger partial charge in [0.1, 0.15) is 8.07 Å². The van der Waals surface area contributed by atoms with Crippen LogP contribution in [-0.4, -0.2) is 19.8 Å². The van der Waals surface area contributed by atoms with Crippen molar-refractivity contribution in [2.45, 2.75) is 26.1 Å². The Kier molecular flexibility index (Phi) is 2.75. The van der Waals surface area contributed by atoms with Crippen LogP contribution in [0, 0.1) is 0 Å². The van der Waals surface area contributed by atoms with Gasteiger partial charge in [-0.2, -0.15) is 0 Å². The number of aliphatic hydroxyl groups excluding tert-OH is 1. The lowest BCUT2D eigenvalue weighted by Gasteiger charge is -2.14. The fraction of sp³-hybridized carbons (Fsp3) is 0.556. The topological polar surface area (TPSA) is 33.4 Å². The van der Waals surface area contributed by atoms with Gasteiger partial charge < -0.3 is 9.52 Å². The van der Waals surface area contributed by atoms with Crippen molar-refractivity contribution in [1.82, 2.24) is 0 Å². The zero-order valence-corrected chi connectivity index (χ0v) is 8.92. The molecule has 0 fully saturated rings. The van der Waals surface area contributed by atoms with Gasteiger partial charge in [0.15, 0.2) is 0 Å². The minimum atomic E-state index is -1.34. The van der Waals surface area contributed by atoms with E-state index in [1.54, 1.807) is 6.26 Å². The second-order valence-electron chi connectivity index (χ2n) is 4.00. The maximum Gasteiger partial charge on any atom is 0.123 e. The molecule has 1 N–H and O–H groups in total. The van der Waals surface area contributed by atoms with Gasteiger partial charge in [-0.1, -0.05) is 19.6 Å². The summed E-state index contributed by atoms with van der Waals surface area (Å²) in [5.41, 5.74) is 1.18. The summed E-state index contributed by atoms with van der Waals surface area (Å²) in [4.78, 5) is 0. The zero-order chi connectivity index (χ0) is 9.19. The Labute approximate surface area is 74.2 Å². The fourth-order valence-corrected chi connectivity index (χ4v) is 2.90. The lowest BCUT2D eigenvalue weighted by Crippen LogP contribution is -2.38. The maximum absolute atomic E-state index is 8.80. The van der Waals surface area contributed by atoms with Gasteiger partial charge in [0, 0.05) is 6.61 Å². The Morgan fingerprint density at radius 2 is 2.08 bits per heavy atom. The number of aliphatic hydroxyl groups is 1. The zero-order valence-electron chi connectivity index (χ0n) is 7.92. The summed E-state index contributed by atoms with van der Waals surface area (Å²) in [7, 11) is -1.34. The van der Waals surface area contributed by atoms with Crippen LogP contribution in [0.25, 0.3) is 0 Å². The Hall–Kier alpha value is -0.543. The summed E-state index contributed by atoms with van der Waals surface area (Å²) >= 11 is 0. The summed E-state index contributed by atoms with van der Waals surface area (Å²) in [6.07, 6.45) is 2.44. The first-order valence-corrected chi connectivity index (χ1v) is 7.73. The molecule has 1 rings (SSSR count). The second-order valence-corrected chi connectivity index (χ2v) is 8.95. The molecule has 0 saturated heterocycles. The molecule has 0 bridgehead atoms. The van der Waals surface area contributed by atoms with Gasteiger partial charge in [-0.3, -0.25) is 0 Å². The van der Waals surface area contributed by atoms with E-state index in [-0.39, 0.29) is 6.61 Å². The van der Waals surface area contributed by atoms with Crippen LogP contribution >= 0.6 is 0 Å². The normalized spacial score (nSPS) is 12.0. The molecule has 12 heavy (non-hydrogen) atoms. The van der Waals surface area contributed by atoms with Gasteiger partial charge in [0.05, 0.1) is 11.6 Å². The molecule has 0 atom stereocenters. The molecular weight excluding hydrogens is 168 g/mol. The molecule has 0 unspecified atom stereocenters. The summed E-state index contributed by atoms with van der Waals surface area (Å²) in [6, 6.07) is 1.96. The van der Waals surface area contributed by atoms with Gasteiger partial charge in [-0.25, -0.2) is 0 Å². The van der Waals surface area contributed by atoms with E-state index in [2.05, 4.69) is 19.6 Å². The molecule has 0 aliphatic heterocycles. The summed E-state index contributed by atoms with van der Waals surface area (Å²) in [5.74, 6) is 0. The van der Waals surface area contributed by atoms with Crippen molar-refractivity contribution in [3.05, 3.63) is 17.9 Å². The lowest BCUT2D eigenvalue weighted by atomic mass is 10.2. The molecule has 3 heteroatoms. The molecule has 0 aromatic carbocycles. The van der Waals surface area contributed by atoms with E-state index in [1.807, 2.05) is 6.07 Å².